The highest BCUT2D eigenvalue weighted by Gasteiger charge is 2.42. The molecular weight excluding hydrogens is 448 g/mol. The van der Waals surface area contributed by atoms with Crippen molar-refractivity contribution >= 4 is 21.8 Å². The normalized spacial score (nSPS) is 16.7. The zero-order chi connectivity index (χ0) is 24.5. The number of nitrogens with zero attached hydrogens (tertiary/aromatic N) is 1. The molecule has 1 heterocycles. The monoisotopic (exact) mass is 478 g/mol. The zero-order valence-corrected chi connectivity index (χ0v) is 20.7. The highest BCUT2D eigenvalue weighted by Crippen LogP contribution is 2.39. The van der Waals surface area contributed by atoms with Crippen molar-refractivity contribution in [3.63, 3.8) is 0 Å². The number of sulfonamides is 1. The van der Waals surface area contributed by atoms with Gasteiger partial charge in [0.1, 0.15) is 5.60 Å². The van der Waals surface area contributed by atoms with Gasteiger partial charge in [-0.1, -0.05) is 66.2 Å². The van der Waals surface area contributed by atoms with Crippen LogP contribution in [0.4, 0.5) is 10.5 Å². The highest BCUT2D eigenvalue weighted by atomic mass is 32.2. The molecular formula is C27H30N2O4S. The van der Waals surface area contributed by atoms with Gasteiger partial charge >= 0.3 is 6.09 Å². The lowest BCUT2D eigenvalue weighted by molar-refractivity contribution is 0.0564. The van der Waals surface area contributed by atoms with E-state index in [1.807, 2.05) is 82.3 Å². The van der Waals surface area contributed by atoms with Crippen LogP contribution in [0.1, 0.15) is 43.5 Å². The van der Waals surface area contributed by atoms with Crippen LogP contribution in [0.3, 0.4) is 0 Å². The molecule has 1 amide bonds. The summed E-state index contributed by atoms with van der Waals surface area (Å²) in [5.74, 6) is 0. The molecule has 1 aliphatic heterocycles. The van der Waals surface area contributed by atoms with Crippen molar-refractivity contribution in [3.8, 4) is 0 Å². The summed E-state index contributed by atoms with van der Waals surface area (Å²) >= 11 is 0. The molecule has 7 heteroatoms. The fourth-order valence-electron chi connectivity index (χ4n) is 4.21. The molecule has 0 aliphatic carbocycles. The Balaban J connectivity index is 1.77. The molecule has 0 saturated heterocycles. The smallest absolute Gasteiger partial charge is 0.415 e. The van der Waals surface area contributed by atoms with Crippen molar-refractivity contribution in [2.45, 2.75) is 56.7 Å². The molecule has 6 nitrogen and oxygen atoms in total. The van der Waals surface area contributed by atoms with Gasteiger partial charge in [-0.05, 0) is 63.4 Å². The number of hydrogen-bond donors (Lipinski definition) is 1. The van der Waals surface area contributed by atoms with Gasteiger partial charge in [0.2, 0.25) is 10.0 Å². The van der Waals surface area contributed by atoms with Crippen LogP contribution < -0.4 is 9.62 Å². The topological polar surface area (TPSA) is 75.7 Å². The summed E-state index contributed by atoms with van der Waals surface area (Å²) in [6.07, 6.45) is -0.0105. The van der Waals surface area contributed by atoms with Crippen LogP contribution in [-0.2, 0) is 21.2 Å². The second kappa shape index (κ2) is 9.24. The molecule has 34 heavy (non-hydrogen) atoms. The quantitative estimate of drug-likeness (QED) is 0.534. The number of aryl methyl sites for hydroxylation is 1. The number of carbonyl (C=O) groups excluding carboxylic acids is 1. The first-order chi connectivity index (χ1) is 16.0. The second-order valence-electron chi connectivity index (χ2n) is 9.57. The Kier molecular flexibility index (Phi) is 6.51. The lowest BCUT2D eigenvalue weighted by atomic mass is 9.97. The van der Waals surface area contributed by atoms with Crippen molar-refractivity contribution in [1.29, 1.82) is 0 Å². The summed E-state index contributed by atoms with van der Waals surface area (Å²) in [7, 11) is -3.86. The lowest BCUT2D eigenvalue weighted by Crippen LogP contribution is -2.49. The first-order valence-corrected chi connectivity index (χ1v) is 12.8. The van der Waals surface area contributed by atoms with E-state index < -0.39 is 33.8 Å². The van der Waals surface area contributed by atoms with E-state index in [0.717, 1.165) is 22.4 Å². The van der Waals surface area contributed by atoms with Crippen molar-refractivity contribution in [3.05, 3.63) is 95.6 Å². The number of nitrogens with one attached hydrogen (secondary N) is 1. The molecule has 0 fully saturated rings. The Morgan fingerprint density at radius 2 is 1.59 bits per heavy atom. The van der Waals surface area contributed by atoms with E-state index in [-0.39, 0.29) is 4.90 Å². The minimum Gasteiger partial charge on any atom is -0.443 e. The van der Waals surface area contributed by atoms with E-state index in [1.165, 1.54) is 0 Å². The zero-order valence-electron chi connectivity index (χ0n) is 19.9. The summed E-state index contributed by atoms with van der Waals surface area (Å²) in [6.45, 7) is 7.36. The summed E-state index contributed by atoms with van der Waals surface area (Å²) < 4.78 is 35.5. The Bertz CT molecular complexity index is 1270. The summed E-state index contributed by atoms with van der Waals surface area (Å²) in [5.41, 5.74) is 2.75. The Labute approximate surface area is 201 Å². The first-order valence-electron chi connectivity index (χ1n) is 11.3. The highest BCUT2D eigenvalue weighted by molar-refractivity contribution is 7.89. The van der Waals surface area contributed by atoms with Crippen molar-refractivity contribution in [2.24, 2.45) is 0 Å². The Morgan fingerprint density at radius 3 is 2.24 bits per heavy atom. The maximum Gasteiger partial charge on any atom is 0.415 e. The molecule has 0 spiro atoms. The van der Waals surface area contributed by atoms with E-state index in [4.69, 9.17) is 4.74 Å². The van der Waals surface area contributed by atoms with Crippen LogP contribution in [-0.4, -0.2) is 26.2 Å². The van der Waals surface area contributed by atoms with E-state index in [0.29, 0.717) is 6.42 Å². The molecule has 2 unspecified atom stereocenters. The summed E-state index contributed by atoms with van der Waals surface area (Å²) in [5, 5.41) is 0. The molecule has 0 bridgehead atoms. The minimum atomic E-state index is -3.86. The van der Waals surface area contributed by atoms with Gasteiger partial charge in [-0.2, -0.15) is 0 Å². The van der Waals surface area contributed by atoms with Crippen LogP contribution in [0.5, 0.6) is 0 Å². The van der Waals surface area contributed by atoms with Crippen LogP contribution in [0.15, 0.2) is 83.8 Å². The number of hydrogen-bond acceptors (Lipinski definition) is 4. The number of anilines is 1. The third kappa shape index (κ3) is 5.16. The van der Waals surface area contributed by atoms with Crippen LogP contribution >= 0.6 is 0 Å². The van der Waals surface area contributed by atoms with Crippen LogP contribution in [0.2, 0.25) is 0 Å². The molecule has 3 aromatic rings. The van der Waals surface area contributed by atoms with Crippen molar-refractivity contribution < 1.29 is 17.9 Å². The first kappa shape index (κ1) is 24.0. The largest absolute Gasteiger partial charge is 0.443 e. The molecule has 178 valence electrons. The molecule has 1 aliphatic rings. The van der Waals surface area contributed by atoms with Gasteiger partial charge < -0.3 is 4.74 Å². The van der Waals surface area contributed by atoms with Gasteiger partial charge in [0.05, 0.1) is 22.7 Å². The molecule has 2 atom stereocenters. The van der Waals surface area contributed by atoms with E-state index >= 15 is 0 Å². The predicted octanol–water partition coefficient (Wildman–Crippen LogP) is 5.38. The number of rotatable bonds is 5. The van der Waals surface area contributed by atoms with Crippen molar-refractivity contribution in [1.82, 2.24) is 4.72 Å². The number of para-hydroxylation sites is 1. The third-order valence-electron chi connectivity index (χ3n) is 5.76. The SMILES string of the molecule is Cc1ccc(S(=O)(=O)NC(c2ccccc2)C2Cc3ccccc3N2C(=O)OC(C)(C)C)cc1. The molecule has 3 aromatic carbocycles. The van der Waals surface area contributed by atoms with Gasteiger partial charge in [0, 0.05) is 0 Å². The molecule has 0 radical (unpaired) electrons. The average Bonchev–Trinajstić information content (AvgIpc) is 3.17. The van der Waals surface area contributed by atoms with E-state index in [2.05, 4.69) is 4.72 Å². The third-order valence-corrected chi connectivity index (χ3v) is 7.22. The summed E-state index contributed by atoms with van der Waals surface area (Å²) in [6, 6.07) is 22.5. The molecule has 0 aromatic heterocycles. The standard InChI is InChI=1S/C27H30N2O4S/c1-19-14-16-22(17-15-19)34(31,32)28-25(20-10-6-5-7-11-20)24-18-21-12-8-9-13-23(21)29(24)26(30)33-27(2,3)4/h5-17,24-25,28H,18H2,1-4H3. The average molecular weight is 479 g/mol. The van der Waals surface area contributed by atoms with Gasteiger partial charge in [0.25, 0.3) is 0 Å². The fourth-order valence-corrected chi connectivity index (χ4v) is 5.47. The van der Waals surface area contributed by atoms with Gasteiger partial charge in [0.15, 0.2) is 0 Å². The Morgan fingerprint density at radius 1 is 0.971 bits per heavy atom. The fraction of sp³-hybridized carbons (Fsp3) is 0.296. The molecule has 1 N–H and O–H groups in total. The van der Waals surface area contributed by atoms with Gasteiger partial charge in [-0.25, -0.2) is 17.9 Å². The number of benzene rings is 3. The summed E-state index contributed by atoms with van der Waals surface area (Å²) in [4.78, 5) is 15.1. The van der Waals surface area contributed by atoms with Gasteiger partial charge in [-0.3, -0.25) is 4.90 Å². The Hall–Kier alpha value is -3.16. The number of amides is 1. The van der Waals surface area contributed by atoms with Crippen LogP contribution in [0.25, 0.3) is 0 Å². The van der Waals surface area contributed by atoms with E-state index in [9.17, 15) is 13.2 Å². The minimum absolute atomic E-state index is 0.179. The second-order valence-corrected chi connectivity index (χ2v) is 11.3. The number of carbonyl (C=O) groups is 1. The van der Waals surface area contributed by atoms with E-state index in [1.54, 1.807) is 29.2 Å². The molecule has 4 rings (SSSR count). The van der Waals surface area contributed by atoms with Crippen molar-refractivity contribution in [2.75, 3.05) is 4.90 Å². The number of fused-ring (bicyclic) bond motifs is 1. The van der Waals surface area contributed by atoms with Gasteiger partial charge in [-0.15, -0.1) is 0 Å². The molecule has 0 saturated carbocycles. The lowest BCUT2D eigenvalue weighted by Gasteiger charge is -2.34. The van der Waals surface area contributed by atoms with Crippen LogP contribution in [0, 0.1) is 6.92 Å². The maximum atomic E-state index is 13.4. The predicted molar refractivity (Wildman–Crippen MR) is 133 cm³/mol. The maximum absolute atomic E-state index is 13.4. The number of ether oxygens (including phenoxy) is 1.